The number of carboxylic acid groups (broad SMARTS) is 1. The summed E-state index contributed by atoms with van der Waals surface area (Å²) in [6, 6.07) is -0.874. The normalized spacial score (nSPS) is 20.1. The highest BCUT2D eigenvalue weighted by Crippen LogP contribution is 2.18. The molecule has 0 aromatic rings. The summed E-state index contributed by atoms with van der Waals surface area (Å²) in [6.45, 7) is 2.54. The summed E-state index contributed by atoms with van der Waals surface area (Å²) in [4.78, 5) is 35.7. The molecule has 1 saturated heterocycles. The maximum Gasteiger partial charge on any atom is 0.328 e. The number of amides is 2. The number of piperidine rings is 1. The van der Waals surface area contributed by atoms with Crippen LogP contribution in [0, 0.1) is 5.92 Å². The predicted octanol–water partition coefficient (Wildman–Crippen LogP) is 0.834. The second-order valence-corrected chi connectivity index (χ2v) is 5.12. The van der Waals surface area contributed by atoms with Crippen LogP contribution in [0.5, 0.6) is 0 Å². The number of hydrogen-bond acceptors (Lipinski definition) is 4. The van der Waals surface area contributed by atoms with Crippen molar-refractivity contribution in [2.75, 3.05) is 20.2 Å². The van der Waals surface area contributed by atoms with Crippen LogP contribution in [0.15, 0.2) is 0 Å². The number of urea groups is 1. The number of likely N-dealkylation sites (tertiary alicyclic amines) is 1. The molecule has 114 valence electrons. The standard InChI is InChI=1S/C13H22N2O5/c1-9(7-11(16)17)8-14-13(19)15-6-4-3-5-10(15)12(18)20-2/h9-10H,3-8H2,1-2H3,(H,14,19)(H,16,17). The highest BCUT2D eigenvalue weighted by atomic mass is 16.5. The number of aliphatic carboxylic acids is 1. The molecule has 0 aromatic carbocycles. The minimum absolute atomic E-state index is 0.000705. The number of nitrogens with zero attached hydrogens (tertiary/aromatic N) is 1. The summed E-state index contributed by atoms with van der Waals surface area (Å²) in [5.41, 5.74) is 0. The highest BCUT2D eigenvalue weighted by Gasteiger charge is 2.32. The van der Waals surface area contributed by atoms with Crippen LogP contribution in [0.2, 0.25) is 0 Å². The Kier molecular flexibility index (Phi) is 6.27. The van der Waals surface area contributed by atoms with E-state index in [1.54, 1.807) is 6.92 Å². The Morgan fingerprint density at radius 2 is 2.10 bits per heavy atom. The van der Waals surface area contributed by atoms with Crippen molar-refractivity contribution >= 4 is 18.0 Å². The van der Waals surface area contributed by atoms with Gasteiger partial charge in [0.25, 0.3) is 0 Å². The lowest BCUT2D eigenvalue weighted by Crippen LogP contribution is -2.52. The van der Waals surface area contributed by atoms with E-state index in [9.17, 15) is 14.4 Å². The van der Waals surface area contributed by atoms with Crippen LogP contribution in [0.3, 0.4) is 0 Å². The van der Waals surface area contributed by atoms with Crippen molar-refractivity contribution in [3.63, 3.8) is 0 Å². The molecular weight excluding hydrogens is 264 g/mol. The summed E-state index contributed by atoms with van der Waals surface area (Å²) in [6.07, 6.45) is 2.34. The molecule has 20 heavy (non-hydrogen) atoms. The van der Waals surface area contributed by atoms with E-state index in [1.165, 1.54) is 12.0 Å². The number of hydrogen-bond donors (Lipinski definition) is 2. The maximum absolute atomic E-state index is 12.1. The van der Waals surface area contributed by atoms with Gasteiger partial charge in [-0.1, -0.05) is 6.92 Å². The van der Waals surface area contributed by atoms with Gasteiger partial charge in [-0.2, -0.15) is 0 Å². The number of carbonyl (C=O) groups is 3. The van der Waals surface area contributed by atoms with Gasteiger partial charge in [0.05, 0.1) is 7.11 Å². The number of nitrogens with one attached hydrogen (secondary N) is 1. The molecular formula is C13H22N2O5. The van der Waals surface area contributed by atoms with Gasteiger partial charge in [-0.3, -0.25) is 4.79 Å². The van der Waals surface area contributed by atoms with Crippen molar-refractivity contribution in [2.45, 2.75) is 38.6 Å². The molecule has 1 heterocycles. The Balaban J connectivity index is 2.51. The first-order chi connectivity index (χ1) is 9.45. The zero-order chi connectivity index (χ0) is 15.1. The van der Waals surface area contributed by atoms with Crippen molar-refractivity contribution in [3.05, 3.63) is 0 Å². The van der Waals surface area contributed by atoms with Crippen molar-refractivity contribution < 1.29 is 24.2 Å². The van der Waals surface area contributed by atoms with Gasteiger partial charge in [-0.15, -0.1) is 0 Å². The molecule has 2 atom stereocenters. The van der Waals surface area contributed by atoms with Crippen LogP contribution in [0.1, 0.15) is 32.6 Å². The van der Waals surface area contributed by atoms with Gasteiger partial charge in [-0.25, -0.2) is 9.59 Å². The number of carbonyl (C=O) groups excluding carboxylic acids is 2. The summed E-state index contributed by atoms with van der Waals surface area (Å²) < 4.78 is 4.71. The molecule has 0 aliphatic carbocycles. The van der Waals surface area contributed by atoms with Gasteiger partial charge in [0.15, 0.2) is 0 Å². The average molecular weight is 286 g/mol. The number of rotatable bonds is 5. The van der Waals surface area contributed by atoms with Crippen LogP contribution in [0.4, 0.5) is 4.79 Å². The zero-order valence-electron chi connectivity index (χ0n) is 11.9. The molecule has 7 nitrogen and oxygen atoms in total. The number of esters is 1. The molecule has 0 aromatic heterocycles. The predicted molar refractivity (Wildman–Crippen MR) is 71.2 cm³/mol. The molecule has 1 aliphatic heterocycles. The Labute approximate surface area is 118 Å². The molecule has 0 bridgehead atoms. The third-order valence-corrected chi connectivity index (χ3v) is 3.36. The first-order valence-electron chi connectivity index (χ1n) is 6.79. The fourth-order valence-electron chi connectivity index (χ4n) is 2.29. The summed E-state index contributed by atoms with van der Waals surface area (Å²) in [5.74, 6) is -1.45. The minimum atomic E-state index is -0.892. The SMILES string of the molecule is COC(=O)C1CCCCN1C(=O)NCC(C)CC(=O)O. The lowest BCUT2D eigenvalue weighted by atomic mass is 10.0. The van der Waals surface area contributed by atoms with E-state index in [4.69, 9.17) is 9.84 Å². The molecule has 0 radical (unpaired) electrons. The molecule has 1 aliphatic rings. The Hall–Kier alpha value is -1.79. The van der Waals surface area contributed by atoms with Crippen LogP contribution in [-0.2, 0) is 14.3 Å². The summed E-state index contributed by atoms with van der Waals surface area (Å²) in [5, 5.41) is 11.3. The first kappa shape index (κ1) is 16.3. The monoisotopic (exact) mass is 286 g/mol. The molecule has 2 amide bonds. The molecule has 7 heteroatoms. The Bertz CT molecular complexity index is 372. The van der Waals surface area contributed by atoms with Crippen molar-refractivity contribution in [2.24, 2.45) is 5.92 Å². The quantitative estimate of drug-likeness (QED) is 0.730. The smallest absolute Gasteiger partial charge is 0.328 e. The second kappa shape index (κ2) is 7.72. The lowest BCUT2D eigenvalue weighted by molar-refractivity contribution is -0.147. The number of ether oxygens (including phenoxy) is 1. The van der Waals surface area contributed by atoms with Crippen molar-refractivity contribution in [1.29, 1.82) is 0 Å². The molecule has 1 rings (SSSR count). The Morgan fingerprint density at radius 3 is 2.70 bits per heavy atom. The molecule has 1 fully saturated rings. The van der Waals surface area contributed by atoms with E-state index >= 15 is 0 Å². The third-order valence-electron chi connectivity index (χ3n) is 3.36. The number of carboxylic acids is 1. The third kappa shape index (κ3) is 4.71. The minimum Gasteiger partial charge on any atom is -0.481 e. The first-order valence-corrected chi connectivity index (χ1v) is 6.79. The van der Waals surface area contributed by atoms with E-state index in [0.717, 1.165) is 12.8 Å². The lowest BCUT2D eigenvalue weighted by Gasteiger charge is -2.33. The van der Waals surface area contributed by atoms with E-state index in [0.29, 0.717) is 13.0 Å². The van der Waals surface area contributed by atoms with Crippen molar-refractivity contribution in [3.8, 4) is 0 Å². The van der Waals surface area contributed by atoms with Gasteiger partial charge in [-0.05, 0) is 25.2 Å². The maximum atomic E-state index is 12.1. The fourth-order valence-corrected chi connectivity index (χ4v) is 2.29. The van der Waals surface area contributed by atoms with Gasteiger partial charge in [0, 0.05) is 19.5 Å². The fraction of sp³-hybridized carbons (Fsp3) is 0.769. The van der Waals surface area contributed by atoms with Crippen LogP contribution in [0.25, 0.3) is 0 Å². The molecule has 2 unspecified atom stereocenters. The molecule has 0 spiro atoms. The van der Waals surface area contributed by atoms with Gasteiger partial charge >= 0.3 is 18.0 Å². The average Bonchev–Trinajstić information content (AvgIpc) is 2.43. The second-order valence-electron chi connectivity index (χ2n) is 5.12. The molecule has 2 N–H and O–H groups in total. The zero-order valence-corrected chi connectivity index (χ0v) is 11.9. The van der Waals surface area contributed by atoms with Gasteiger partial charge in [0.2, 0.25) is 0 Å². The molecule has 0 saturated carbocycles. The van der Waals surface area contributed by atoms with Crippen molar-refractivity contribution in [1.82, 2.24) is 10.2 Å². The largest absolute Gasteiger partial charge is 0.481 e. The highest BCUT2D eigenvalue weighted by molar-refractivity contribution is 5.83. The van der Waals surface area contributed by atoms with E-state index in [2.05, 4.69) is 5.32 Å². The van der Waals surface area contributed by atoms with Crippen LogP contribution in [-0.4, -0.2) is 54.2 Å². The Morgan fingerprint density at radius 1 is 1.40 bits per heavy atom. The van der Waals surface area contributed by atoms with E-state index in [-0.39, 0.29) is 24.9 Å². The number of methoxy groups -OCH3 is 1. The van der Waals surface area contributed by atoms with Crippen LogP contribution >= 0.6 is 0 Å². The van der Waals surface area contributed by atoms with E-state index in [1.807, 2.05) is 0 Å². The topological polar surface area (TPSA) is 95.9 Å². The van der Waals surface area contributed by atoms with Gasteiger partial charge in [0.1, 0.15) is 6.04 Å². The summed E-state index contributed by atoms with van der Waals surface area (Å²) >= 11 is 0. The van der Waals surface area contributed by atoms with Crippen LogP contribution < -0.4 is 5.32 Å². The van der Waals surface area contributed by atoms with E-state index < -0.39 is 18.0 Å². The summed E-state index contributed by atoms with van der Waals surface area (Å²) in [7, 11) is 1.31. The van der Waals surface area contributed by atoms with Gasteiger partial charge < -0.3 is 20.1 Å².